The van der Waals surface area contributed by atoms with Crippen molar-refractivity contribution in [2.24, 2.45) is 0 Å². The number of nitrogens with one attached hydrogen (secondary N) is 3. The molecule has 3 heterocycles. The van der Waals surface area contributed by atoms with Crippen LogP contribution in [0.25, 0.3) is 27.6 Å². The molecule has 0 aliphatic heterocycles. The zero-order valence-electron chi connectivity index (χ0n) is 25.0. The summed E-state index contributed by atoms with van der Waals surface area (Å²) in [6.07, 6.45) is 3.59. The van der Waals surface area contributed by atoms with Crippen LogP contribution in [0, 0.1) is 0 Å². The van der Waals surface area contributed by atoms with Crippen LogP contribution in [0.4, 0.5) is 16.3 Å². The van der Waals surface area contributed by atoms with Gasteiger partial charge in [-0.3, -0.25) is 14.9 Å². The number of fused-ring (bicyclic) bond motifs is 2. The number of ether oxygens (including phenoxy) is 2. The predicted molar refractivity (Wildman–Crippen MR) is 184 cm³/mol. The predicted octanol–water partition coefficient (Wildman–Crippen LogP) is 7.80. The Morgan fingerprint density at radius 1 is 1.00 bits per heavy atom. The molecule has 0 aliphatic carbocycles. The number of pyridine rings is 1. The molecule has 0 radical (unpaired) electrons. The molecule has 0 fully saturated rings. The minimum Gasteiger partial charge on any atom is -0.497 e. The van der Waals surface area contributed by atoms with Crippen LogP contribution >= 0.6 is 22.6 Å². The van der Waals surface area contributed by atoms with Crippen molar-refractivity contribution in [1.82, 2.24) is 24.3 Å². The molecular formula is C33H32IN7O4. The second-order valence-electron chi connectivity index (χ2n) is 10.3. The van der Waals surface area contributed by atoms with Crippen LogP contribution in [-0.2, 0) is 6.54 Å². The first-order chi connectivity index (χ1) is 21.9. The number of methoxy groups -OCH3 is 1. The summed E-state index contributed by atoms with van der Waals surface area (Å²) in [6.45, 7) is 4.50. The van der Waals surface area contributed by atoms with E-state index in [1.165, 1.54) is 0 Å². The number of aromatic amines is 1. The number of nitrogens with zero attached hydrogens (tertiary/aromatic N) is 4. The summed E-state index contributed by atoms with van der Waals surface area (Å²) in [7, 11) is 1.62. The van der Waals surface area contributed by atoms with Crippen LogP contribution in [-0.4, -0.2) is 37.5 Å². The standard InChI is InChI=1S/C33H32IN7O4/c1-4-8-24(34)26-19-29(41(39-26)20-11-13-21(44-3)14-12-20)37-32(42)36-25-15-16-27(23-10-7-6-9-22(23)25)45-28-17-18-35-31-30(28)40(5-2)33(43)38-31/h6-7,9-19,24H,4-5,8H2,1-3H3,(H,35,38,43)(H2,36,37,42). The van der Waals surface area contributed by atoms with Gasteiger partial charge in [-0.05, 0) is 49.7 Å². The fraction of sp³-hybridized carbons (Fsp3) is 0.212. The summed E-state index contributed by atoms with van der Waals surface area (Å²) in [4.78, 5) is 32.9. The van der Waals surface area contributed by atoms with Crippen molar-refractivity contribution in [3.8, 4) is 22.9 Å². The fourth-order valence-electron chi connectivity index (χ4n) is 5.26. The molecule has 11 nitrogen and oxygen atoms in total. The fourth-order valence-corrected chi connectivity index (χ4v) is 6.19. The number of rotatable bonds is 10. The molecule has 1 atom stereocenters. The van der Waals surface area contributed by atoms with Crippen LogP contribution in [0.15, 0.2) is 83.8 Å². The second kappa shape index (κ2) is 13.0. The highest BCUT2D eigenvalue weighted by atomic mass is 127. The van der Waals surface area contributed by atoms with Crippen LogP contribution < -0.4 is 25.8 Å². The Balaban J connectivity index is 1.29. The van der Waals surface area contributed by atoms with Gasteiger partial charge < -0.3 is 14.8 Å². The number of H-pyrrole nitrogens is 1. The number of halogens is 1. The van der Waals surface area contributed by atoms with E-state index in [9.17, 15) is 9.59 Å². The number of amides is 2. The number of aryl methyl sites for hydroxylation is 1. The molecule has 0 saturated carbocycles. The number of alkyl halides is 1. The lowest BCUT2D eigenvalue weighted by molar-refractivity contribution is 0.262. The van der Waals surface area contributed by atoms with Gasteiger partial charge in [-0.2, -0.15) is 5.10 Å². The van der Waals surface area contributed by atoms with Crippen LogP contribution in [0.5, 0.6) is 17.2 Å². The van der Waals surface area contributed by atoms with Gasteiger partial charge in [0.25, 0.3) is 0 Å². The lowest BCUT2D eigenvalue weighted by Crippen LogP contribution is -2.21. The average molecular weight is 718 g/mol. The second-order valence-corrected chi connectivity index (χ2v) is 11.8. The van der Waals surface area contributed by atoms with Crippen molar-refractivity contribution >= 4 is 62.1 Å². The summed E-state index contributed by atoms with van der Waals surface area (Å²) in [5.74, 6) is 2.36. The first kappa shape index (κ1) is 30.2. The van der Waals surface area contributed by atoms with Gasteiger partial charge in [0.2, 0.25) is 0 Å². The highest BCUT2D eigenvalue weighted by molar-refractivity contribution is 14.1. The molecule has 3 N–H and O–H groups in total. The van der Waals surface area contributed by atoms with Crippen molar-refractivity contribution in [1.29, 1.82) is 0 Å². The van der Waals surface area contributed by atoms with Crippen molar-refractivity contribution in [3.05, 3.63) is 95.2 Å². The molecule has 230 valence electrons. The third-order valence-corrected chi connectivity index (χ3v) is 8.71. The van der Waals surface area contributed by atoms with Crippen LogP contribution in [0.1, 0.15) is 36.3 Å². The normalized spacial score (nSPS) is 11.9. The SMILES string of the molecule is CCCC(I)c1cc(NC(=O)Nc2ccc(Oc3ccnc4[nH]c(=O)n(CC)c34)c3ccccc23)n(-c2ccc(OC)cc2)n1. The Morgan fingerprint density at radius 3 is 2.51 bits per heavy atom. The van der Waals surface area contributed by atoms with Crippen molar-refractivity contribution < 1.29 is 14.3 Å². The quantitative estimate of drug-likeness (QED) is 0.0981. The summed E-state index contributed by atoms with van der Waals surface area (Å²) in [6, 6.07) is 22.0. The number of carbonyl (C=O) groups is 1. The highest BCUT2D eigenvalue weighted by Gasteiger charge is 2.19. The molecule has 1 unspecified atom stereocenters. The van der Waals surface area contributed by atoms with E-state index in [2.05, 4.69) is 50.1 Å². The van der Waals surface area contributed by atoms with Gasteiger partial charge in [0.05, 0.1) is 28.1 Å². The van der Waals surface area contributed by atoms with Crippen molar-refractivity contribution in [3.63, 3.8) is 0 Å². The molecule has 6 rings (SSSR count). The van der Waals surface area contributed by atoms with E-state index in [-0.39, 0.29) is 9.61 Å². The Kier molecular flexibility index (Phi) is 8.74. The van der Waals surface area contributed by atoms with E-state index >= 15 is 0 Å². The minimum absolute atomic E-state index is 0.201. The van der Waals surface area contributed by atoms with Gasteiger partial charge in [0.15, 0.2) is 11.4 Å². The summed E-state index contributed by atoms with van der Waals surface area (Å²) in [5, 5.41) is 12.4. The maximum atomic E-state index is 13.5. The molecule has 2 amide bonds. The molecule has 3 aromatic carbocycles. The number of hydrogen-bond acceptors (Lipinski definition) is 6. The molecule has 3 aromatic heterocycles. The van der Waals surface area contributed by atoms with Gasteiger partial charge in [-0.1, -0.05) is 60.2 Å². The molecule has 0 bridgehead atoms. The van der Waals surface area contributed by atoms with E-state index in [0.717, 1.165) is 40.7 Å². The smallest absolute Gasteiger partial charge is 0.327 e. The Bertz CT molecular complexity index is 2050. The van der Waals surface area contributed by atoms with E-state index < -0.39 is 6.03 Å². The molecule has 6 aromatic rings. The summed E-state index contributed by atoms with van der Waals surface area (Å²) >= 11 is 2.39. The molecular weight excluding hydrogens is 685 g/mol. The first-order valence-corrected chi connectivity index (χ1v) is 15.9. The van der Waals surface area contributed by atoms with Crippen molar-refractivity contribution in [2.75, 3.05) is 17.7 Å². The number of urea groups is 1. The van der Waals surface area contributed by atoms with E-state index in [4.69, 9.17) is 14.6 Å². The first-order valence-electron chi connectivity index (χ1n) is 14.6. The average Bonchev–Trinajstić information content (AvgIpc) is 3.62. The summed E-state index contributed by atoms with van der Waals surface area (Å²) < 4.78 is 15.2. The molecule has 0 spiro atoms. The topological polar surface area (TPSA) is 128 Å². The van der Waals surface area contributed by atoms with Crippen LogP contribution in [0.3, 0.4) is 0 Å². The zero-order valence-corrected chi connectivity index (χ0v) is 27.2. The van der Waals surface area contributed by atoms with Gasteiger partial charge in [-0.15, -0.1) is 0 Å². The lowest BCUT2D eigenvalue weighted by Gasteiger charge is -2.15. The van der Waals surface area contributed by atoms with Gasteiger partial charge in [-0.25, -0.2) is 19.3 Å². The third kappa shape index (κ3) is 6.10. The van der Waals surface area contributed by atoms with E-state index in [1.807, 2.05) is 61.5 Å². The minimum atomic E-state index is -0.411. The lowest BCUT2D eigenvalue weighted by atomic mass is 10.1. The molecule has 0 aliphatic rings. The number of benzene rings is 3. The molecule has 45 heavy (non-hydrogen) atoms. The number of aromatic nitrogens is 5. The Labute approximate surface area is 272 Å². The molecule has 0 saturated heterocycles. The van der Waals surface area contributed by atoms with E-state index in [0.29, 0.717) is 40.7 Å². The van der Waals surface area contributed by atoms with E-state index in [1.54, 1.807) is 40.8 Å². The van der Waals surface area contributed by atoms with Crippen LogP contribution in [0.2, 0.25) is 0 Å². The molecule has 12 heteroatoms. The number of hydrogen-bond donors (Lipinski definition) is 3. The van der Waals surface area contributed by atoms with Crippen molar-refractivity contribution in [2.45, 2.75) is 37.2 Å². The largest absolute Gasteiger partial charge is 0.497 e. The maximum Gasteiger partial charge on any atom is 0.327 e. The number of imidazole rings is 1. The summed E-state index contributed by atoms with van der Waals surface area (Å²) in [5.41, 5.74) is 3.10. The number of carbonyl (C=O) groups excluding carboxylic acids is 1. The number of anilines is 2. The zero-order chi connectivity index (χ0) is 31.5. The van der Waals surface area contributed by atoms with Gasteiger partial charge in [0, 0.05) is 35.6 Å². The van der Waals surface area contributed by atoms with Gasteiger partial charge in [0.1, 0.15) is 22.8 Å². The van der Waals surface area contributed by atoms with Gasteiger partial charge >= 0.3 is 11.7 Å². The third-order valence-electron chi connectivity index (χ3n) is 7.45. The monoisotopic (exact) mass is 717 g/mol. The maximum absolute atomic E-state index is 13.5. The Hall–Kier alpha value is -4.85. The highest BCUT2D eigenvalue weighted by Crippen LogP contribution is 2.36. The Morgan fingerprint density at radius 2 is 1.78 bits per heavy atom.